The number of nitrogens with two attached hydrogens (primary N) is 1. The molecule has 2 bridgehead atoms. The molecule has 2 aliphatic rings. The number of hydrogen-bond acceptors (Lipinski definition) is 2. The summed E-state index contributed by atoms with van der Waals surface area (Å²) in [4.78, 5) is 0. The van der Waals surface area contributed by atoms with Crippen molar-refractivity contribution in [3.05, 3.63) is 29.8 Å². The third-order valence-corrected chi connectivity index (χ3v) is 5.06. The van der Waals surface area contributed by atoms with E-state index in [2.05, 4.69) is 12.1 Å². The van der Waals surface area contributed by atoms with Crippen molar-refractivity contribution in [2.75, 3.05) is 6.61 Å². The van der Waals surface area contributed by atoms with Crippen LogP contribution in [0.15, 0.2) is 24.3 Å². The van der Waals surface area contributed by atoms with E-state index in [1.807, 2.05) is 19.1 Å². The summed E-state index contributed by atoms with van der Waals surface area (Å²) in [6.07, 6.45) is 6.98. The number of rotatable bonds is 5. The van der Waals surface area contributed by atoms with E-state index in [4.69, 9.17) is 10.5 Å². The van der Waals surface area contributed by atoms with Gasteiger partial charge >= 0.3 is 0 Å². The lowest BCUT2D eigenvalue weighted by Crippen LogP contribution is -2.19. The molecule has 4 atom stereocenters. The summed E-state index contributed by atoms with van der Waals surface area (Å²) < 4.78 is 5.47. The minimum Gasteiger partial charge on any atom is -0.494 e. The molecule has 2 N–H and O–H groups in total. The van der Waals surface area contributed by atoms with Crippen LogP contribution in [0.25, 0.3) is 0 Å². The molecule has 2 heteroatoms. The summed E-state index contributed by atoms with van der Waals surface area (Å²) in [5.74, 6) is 3.81. The molecule has 104 valence electrons. The maximum absolute atomic E-state index is 6.39. The summed E-state index contributed by atoms with van der Waals surface area (Å²) in [5, 5.41) is 0. The first-order valence-electron chi connectivity index (χ1n) is 7.74. The van der Waals surface area contributed by atoms with Gasteiger partial charge in [0.05, 0.1) is 6.61 Å². The zero-order valence-electron chi connectivity index (χ0n) is 11.8. The maximum Gasteiger partial charge on any atom is 0.119 e. The molecule has 2 aliphatic carbocycles. The fourth-order valence-corrected chi connectivity index (χ4v) is 4.11. The summed E-state index contributed by atoms with van der Waals surface area (Å²) in [6, 6.07) is 8.53. The van der Waals surface area contributed by atoms with Crippen LogP contribution in [0.3, 0.4) is 0 Å². The van der Waals surface area contributed by atoms with Crippen LogP contribution >= 0.6 is 0 Å². The van der Waals surface area contributed by atoms with E-state index in [9.17, 15) is 0 Å². The Bertz CT molecular complexity index is 414. The van der Waals surface area contributed by atoms with Crippen molar-refractivity contribution in [2.45, 2.75) is 45.1 Å². The quantitative estimate of drug-likeness (QED) is 0.870. The van der Waals surface area contributed by atoms with E-state index in [1.54, 1.807) is 0 Å². The molecule has 4 unspecified atom stereocenters. The van der Waals surface area contributed by atoms with Gasteiger partial charge in [-0.1, -0.05) is 18.6 Å². The Balaban J connectivity index is 1.59. The zero-order chi connectivity index (χ0) is 13.2. The van der Waals surface area contributed by atoms with Gasteiger partial charge in [0.25, 0.3) is 0 Å². The van der Waals surface area contributed by atoms with E-state index in [0.29, 0.717) is 0 Å². The highest BCUT2D eigenvalue weighted by molar-refractivity contribution is 5.29. The Morgan fingerprint density at radius 2 is 2.00 bits per heavy atom. The van der Waals surface area contributed by atoms with Crippen molar-refractivity contribution in [3.63, 3.8) is 0 Å². The molecule has 3 rings (SSSR count). The molecule has 2 fully saturated rings. The highest BCUT2D eigenvalue weighted by atomic mass is 16.5. The van der Waals surface area contributed by atoms with Crippen molar-refractivity contribution in [3.8, 4) is 5.75 Å². The third-order valence-electron chi connectivity index (χ3n) is 5.06. The fourth-order valence-electron chi connectivity index (χ4n) is 4.11. The van der Waals surface area contributed by atoms with Crippen LogP contribution in [0.4, 0.5) is 0 Å². The van der Waals surface area contributed by atoms with Gasteiger partial charge < -0.3 is 10.5 Å². The Kier molecular flexibility index (Phi) is 3.79. The van der Waals surface area contributed by atoms with Gasteiger partial charge in [-0.3, -0.25) is 0 Å². The van der Waals surface area contributed by atoms with Crippen LogP contribution in [0.2, 0.25) is 0 Å². The lowest BCUT2D eigenvalue weighted by Gasteiger charge is -2.25. The lowest BCUT2D eigenvalue weighted by molar-refractivity contribution is 0.296. The molecule has 0 heterocycles. The highest BCUT2D eigenvalue weighted by Crippen LogP contribution is 2.50. The zero-order valence-corrected chi connectivity index (χ0v) is 11.8. The molecule has 0 aromatic heterocycles. The van der Waals surface area contributed by atoms with Crippen LogP contribution in [0, 0.1) is 17.8 Å². The summed E-state index contributed by atoms with van der Waals surface area (Å²) in [6.45, 7) is 2.73. The molecule has 1 aromatic rings. The van der Waals surface area contributed by atoms with Gasteiger partial charge in [0, 0.05) is 6.04 Å². The monoisotopic (exact) mass is 259 g/mol. The van der Waals surface area contributed by atoms with Crippen LogP contribution in [0.5, 0.6) is 5.75 Å². The molecule has 0 amide bonds. The van der Waals surface area contributed by atoms with Crippen LogP contribution in [-0.4, -0.2) is 6.61 Å². The maximum atomic E-state index is 6.39. The number of benzene rings is 1. The van der Waals surface area contributed by atoms with Crippen molar-refractivity contribution in [1.29, 1.82) is 0 Å². The van der Waals surface area contributed by atoms with Gasteiger partial charge in [-0.15, -0.1) is 0 Å². The smallest absolute Gasteiger partial charge is 0.119 e. The van der Waals surface area contributed by atoms with E-state index < -0.39 is 0 Å². The van der Waals surface area contributed by atoms with Crippen molar-refractivity contribution in [2.24, 2.45) is 23.5 Å². The molecule has 0 spiro atoms. The number of fused-ring (bicyclic) bond motifs is 2. The first-order chi connectivity index (χ1) is 9.26. The summed E-state index contributed by atoms with van der Waals surface area (Å²) in [5.41, 5.74) is 7.65. The summed E-state index contributed by atoms with van der Waals surface area (Å²) >= 11 is 0. The minimum atomic E-state index is 0.194. The second-order valence-corrected chi connectivity index (χ2v) is 6.28. The predicted molar refractivity (Wildman–Crippen MR) is 78.1 cm³/mol. The molecule has 2 nitrogen and oxygen atoms in total. The molecule has 0 radical (unpaired) electrons. The van der Waals surface area contributed by atoms with Gasteiger partial charge in [0.2, 0.25) is 0 Å². The topological polar surface area (TPSA) is 35.2 Å². The molecule has 2 saturated carbocycles. The van der Waals surface area contributed by atoms with Crippen molar-refractivity contribution in [1.82, 2.24) is 0 Å². The Hall–Kier alpha value is -1.02. The molecule has 0 aliphatic heterocycles. The van der Waals surface area contributed by atoms with Crippen LogP contribution in [-0.2, 0) is 0 Å². The first-order valence-corrected chi connectivity index (χ1v) is 7.74. The standard InChI is InChI=1S/C17H25NO/c1-2-19-16-7-5-13(6-8-16)17(18)11-15-10-12-3-4-14(15)9-12/h5-8,12,14-15,17H,2-4,9-11,18H2,1H3. The largest absolute Gasteiger partial charge is 0.494 e. The lowest BCUT2D eigenvalue weighted by atomic mass is 9.83. The molecular formula is C17H25NO. The Morgan fingerprint density at radius 1 is 1.21 bits per heavy atom. The van der Waals surface area contributed by atoms with E-state index >= 15 is 0 Å². The normalized spacial score (nSPS) is 30.5. The van der Waals surface area contributed by atoms with E-state index in [0.717, 1.165) is 36.5 Å². The van der Waals surface area contributed by atoms with Gasteiger partial charge in [0.1, 0.15) is 5.75 Å². The highest BCUT2D eigenvalue weighted by Gasteiger charge is 2.39. The third kappa shape index (κ3) is 2.79. The SMILES string of the molecule is CCOc1ccc(C(N)CC2CC3CCC2C3)cc1. The molecule has 1 aromatic carbocycles. The van der Waals surface area contributed by atoms with E-state index in [-0.39, 0.29) is 6.04 Å². The second kappa shape index (κ2) is 5.54. The molecular weight excluding hydrogens is 234 g/mol. The average molecular weight is 259 g/mol. The fraction of sp³-hybridized carbons (Fsp3) is 0.647. The van der Waals surface area contributed by atoms with Crippen LogP contribution < -0.4 is 10.5 Å². The van der Waals surface area contributed by atoms with Gasteiger partial charge in [-0.2, -0.15) is 0 Å². The average Bonchev–Trinajstić information content (AvgIpc) is 3.02. The van der Waals surface area contributed by atoms with Gasteiger partial charge in [0.15, 0.2) is 0 Å². The summed E-state index contributed by atoms with van der Waals surface area (Å²) in [7, 11) is 0. The van der Waals surface area contributed by atoms with Gasteiger partial charge in [-0.25, -0.2) is 0 Å². The Labute approximate surface area is 116 Å². The van der Waals surface area contributed by atoms with Crippen molar-refractivity contribution >= 4 is 0 Å². The second-order valence-electron chi connectivity index (χ2n) is 6.28. The first kappa shape index (κ1) is 13.0. The Morgan fingerprint density at radius 3 is 2.58 bits per heavy atom. The van der Waals surface area contributed by atoms with Crippen molar-refractivity contribution < 1.29 is 4.74 Å². The number of ether oxygens (including phenoxy) is 1. The number of hydrogen-bond donors (Lipinski definition) is 1. The van der Waals surface area contributed by atoms with Gasteiger partial charge in [-0.05, 0) is 68.1 Å². The molecule has 19 heavy (non-hydrogen) atoms. The van der Waals surface area contributed by atoms with E-state index in [1.165, 1.54) is 31.2 Å². The predicted octanol–water partition coefficient (Wildman–Crippen LogP) is 3.91. The van der Waals surface area contributed by atoms with Crippen LogP contribution in [0.1, 0.15) is 50.6 Å². The minimum absolute atomic E-state index is 0.194. The molecule has 0 saturated heterocycles.